The number of benzene rings is 2. The summed E-state index contributed by atoms with van der Waals surface area (Å²) in [4.78, 5) is 34.4. The van der Waals surface area contributed by atoms with Crippen LogP contribution in [-0.4, -0.2) is 22.8 Å². The van der Waals surface area contributed by atoms with Crippen LogP contribution >= 0.6 is 30.5 Å². The summed E-state index contributed by atoms with van der Waals surface area (Å²) in [6, 6.07) is 11.6. The van der Waals surface area contributed by atoms with E-state index in [0.29, 0.717) is 21.8 Å². The zero-order valence-electron chi connectivity index (χ0n) is 14.8. The van der Waals surface area contributed by atoms with E-state index in [-0.39, 0.29) is 5.56 Å². The number of hydrogen-bond acceptors (Lipinski definition) is 4. The summed E-state index contributed by atoms with van der Waals surface area (Å²) in [7, 11) is -3.37. The minimum absolute atomic E-state index is 0.232. The van der Waals surface area contributed by atoms with Gasteiger partial charge in [-0.05, 0) is 46.7 Å². The molecule has 0 bridgehead atoms. The number of thiophene rings is 1. The maximum atomic E-state index is 13.2. The molecule has 1 aromatic heterocycles. The molecule has 3 aromatic rings. The molecule has 0 saturated carbocycles. The van der Waals surface area contributed by atoms with Crippen molar-refractivity contribution in [2.45, 2.75) is 5.66 Å². The molecule has 28 heavy (non-hydrogen) atoms. The Bertz CT molecular complexity index is 1090. The highest BCUT2D eigenvalue weighted by atomic mass is 35.5. The zero-order valence-corrected chi connectivity index (χ0v) is 17.2. The smallest absolute Gasteiger partial charge is 0.342 e. The maximum Gasteiger partial charge on any atom is 0.342 e. The van der Waals surface area contributed by atoms with Gasteiger partial charge in [-0.1, -0.05) is 24.2 Å². The van der Waals surface area contributed by atoms with E-state index in [0.717, 1.165) is 9.60 Å². The molecule has 0 radical (unpaired) electrons. The molecule has 3 rings (SSSR count). The van der Waals surface area contributed by atoms with Gasteiger partial charge in [0.2, 0.25) is 0 Å². The van der Waals surface area contributed by atoms with Gasteiger partial charge in [-0.2, -0.15) is 0 Å². The van der Waals surface area contributed by atoms with Gasteiger partial charge < -0.3 is 14.5 Å². The van der Waals surface area contributed by atoms with Crippen LogP contribution in [0.15, 0.2) is 60.6 Å². The second-order valence-electron chi connectivity index (χ2n) is 5.92. The Labute approximate surface area is 170 Å². The fraction of sp³-hybridized carbons (Fsp3) is 0.105. The van der Waals surface area contributed by atoms with Crippen LogP contribution < -0.4 is 9.64 Å². The molecule has 0 aliphatic carbocycles. The van der Waals surface area contributed by atoms with Gasteiger partial charge in [0.1, 0.15) is 5.75 Å². The van der Waals surface area contributed by atoms with Crippen molar-refractivity contribution in [1.29, 1.82) is 0 Å². The van der Waals surface area contributed by atoms with Crippen LogP contribution in [0, 0.1) is 0 Å². The molecule has 0 fully saturated rings. The lowest BCUT2D eigenvalue weighted by atomic mass is 10.1. The lowest BCUT2D eigenvalue weighted by Gasteiger charge is -2.25. The summed E-state index contributed by atoms with van der Waals surface area (Å²) >= 11 is 7.34. The normalized spacial score (nSPS) is 12.6. The Morgan fingerprint density at radius 2 is 2.07 bits per heavy atom. The molecule has 1 atom stereocenters. The number of methoxy groups -OCH3 is 1. The molecular formula is C19H17ClNO5PS. The van der Waals surface area contributed by atoms with Crippen molar-refractivity contribution in [3.8, 4) is 5.75 Å². The van der Waals surface area contributed by atoms with E-state index in [1.165, 1.54) is 24.6 Å². The Morgan fingerprint density at radius 1 is 1.32 bits per heavy atom. The summed E-state index contributed by atoms with van der Waals surface area (Å²) in [5, 5.41) is 2.53. The molecule has 146 valence electrons. The van der Waals surface area contributed by atoms with E-state index in [1.54, 1.807) is 47.8 Å². The van der Waals surface area contributed by atoms with E-state index in [9.17, 15) is 19.1 Å². The number of halogens is 1. The largest absolute Gasteiger partial charge is 0.497 e. The molecule has 1 amide bonds. The molecule has 0 saturated heterocycles. The molecule has 1 unspecified atom stereocenters. The van der Waals surface area contributed by atoms with Crippen molar-refractivity contribution < 1.29 is 23.9 Å². The average Bonchev–Trinajstić information content (AvgIpc) is 3.04. The fourth-order valence-corrected chi connectivity index (χ4v) is 5.13. The number of carbonyl (C=O) groups is 1. The number of nitrogens with zero attached hydrogens (tertiary/aromatic N) is 1. The number of amides is 1. The van der Waals surface area contributed by atoms with E-state index in [4.69, 9.17) is 16.3 Å². The first-order chi connectivity index (χ1) is 13.3. The Hall–Kier alpha value is -2.15. The SMILES string of the molecule is C=CN(C(=O)C(c1csc2ccc(Cl)cc12)P(=O)(O)O)c1cccc(OC)c1. The first-order valence-electron chi connectivity index (χ1n) is 8.08. The Morgan fingerprint density at radius 3 is 2.71 bits per heavy atom. The van der Waals surface area contributed by atoms with Crippen LogP contribution in [0.1, 0.15) is 11.2 Å². The number of ether oxygens (including phenoxy) is 1. The number of carbonyl (C=O) groups excluding carboxylic acids is 1. The van der Waals surface area contributed by atoms with Crippen molar-refractivity contribution in [2.75, 3.05) is 12.0 Å². The van der Waals surface area contributed by atoms with Crippen molar-refractivity contribution >= 4 is 52.2 Å². The van der Waals surface area contributed by atoms with E-state index < -0.39 is 19.2 Å². The number of rotatable bonds is 6. The molecule has 1 heterocycles. The molecule has 6 nitrogen and oxygen atoms in total. The van der Waals surface area contributed by atoms with Crippen molar-refractivity contribution in [3.05, 3.63) is 71.2 Å². The highest BCUT2D eigenvalue weighted by Crippen LogP contribution is 2.55. The van der Waals surface area contributed by atoms with Crippen molar-refractivity contribution in [1.82, 2.24) is 0 Å². The van der Waals surface area contributed by atoms with Crippen LogP contribution in [0.2, 0.25) is 5.02 Å². The monoisotopic (exact) mass is 437 g/mol. The second-order valence-corrected chi connectivity index (χ2v) is 8.96. The van der Waals surface area contributed by atoms with Gasteiger partial charge in [-0.15, -0.1) is 11.3 Å². The summed E-state index contributed by atoms with van der Waals surface area (Å²) < 4.78 is 18.3. The lowest BCUT2D eigenvalue weighted by molar-refractivity contribution is -0.118. The van der Waals surface area contributed by atoms with Crippen LogP contribution in [0.4, 0.5) is 5.69 Å². The molecule has 0 aliphatic rings. The third-order valence-corrected chi connectivity index (χ3v) is 6.57. The molecule has 9 heteroatoms. The van der Waals surface area contributed by atoms with Gasteiger partial charge in [0.05, 0.1) is 12.8 Å². The third kappa shape index (κ3) is 3.99. The zero-order chi connectivity index (χ0) is 20.5. The summed E-state index contributed by atoms with van der Waals surface area (Å²) in [6.45, 7) is 3.63. The highest BCUT2D eigenvalue weighted by Gasteiger charge is 2.41. The van der Waals surface area contributed by atoms with E-state index in [2.05, 4.69) is 6.58 Å². The van der Waals surface area contributed by atoms with Gasteiger partial charge >= 0.3 is 7.60 Å². The van der Waals surface area contributed by atoms with Crippen LogP contribution in [0.5, 0.6) is 5.75 Å². The number of anilines is 1. The van der Waals surface area contributed by atoms with E-state index >= 15 is 0 Å². The minimum Gasteiger partial charge on any atom is -0.497 e. The number of fused-ring (bicyclic) bond motifs is 1. The Kier molecular flexibility index (Phi) is 5.93. The van der Waals surface area contributed by atoms with Gasteiger partial charge in [0, 0.05) is 22.0 Å². The molecule has 0 spiro atoms. The van der Waals surface area contributed by atoms with E-state index in [1.807, 2.05) is 0 Å². The molecule has 2 aromatic carbocycles. The van der Waals surface area contributed by atoms with Gasteiger partial charge in [-0.25, -0.2) is 0 Å². The van der Waals surface area contributed by atoms with Gasteiger partial charge in [0.25, 0.3) is 5.91 Å². The summed E-state index contributed by atoms with van der Waals surface area (Å²) in [6.07, 6.45) is 1.22. The predicted octanol–water partition coefficient (Wildman–Crippen LogP) is 4.96. The first kappa shape index (κ1) is 20.6. The maximum absolute atomic E-state index is 13.2. The van der Waals surface area contributed by atoms with Gasteiger partial charge in [0.15, 0.2) is 5.66 Å². The standard InChI is InChI=1S/C19H17ClNO5PS/c1-3-21(13-5-4-6-14(10-13)26-2)19(22)18(27(23,24)25)16-11-28-17-8-7-12(20)9-15(16)17/h3-11,18H,1H2,2H3,(H2,23,24,25). The molecule has 2 N–H and O–H groups in total. The minimum atomic E-state index is -4.85. The quantitative estimate of drug-likeness (QED) is 0.532. The number of hydrogen-bond donors (Lipinski definition) is 2. The topological polar surface area (TPSA) is 87.1 Å². The third-order valence-electron chi connectivity index (χ3n) is 4.18. The summed E-state index contributed by atoms with van der Waals surface area (Å²) in [5.74, 6) is -0.297. The molecular weight excluding hydrogens is 421 g/mol. The van der Waals surface area contributed by atoms with Crippen molar-refractivity contribution in [2.24, 2.45) is 0 Å². The Balaban J connectivity index is 2.13. The average molecular weight is 438 g/mol. The van der Waals surface area contributed by atoms with Crippen LogP contribution in [0.3, 0.4) is 0 Å². The van der Waals surface area contributed by atoms with Crippen LogP contribution in [-0.2, 0) is 9.36 Å². The second kappa shape index (κ2) is 8.07. The molecule has 0 aliphatic heterocycles. The summed E-state index contributed by atoms with van der Waals surface area (Å²) in [5.41, 5.74) is -1.07. The first-order valence-corrected chi connectivity index (χ1v) is 11.0. The van der Waals surface area contributed by atoms with Crippen molar-refractivity contribution in [3.63, 3.8) is 0 Å². The highest BCUT2D eigenvalue weighted by molar-refractivity contribution is 7.53. The van der Waals surface area contributed by atoms with Crippen LogP contribution in [0.25, 0.3) is 10.1 Å². The van der Waals surface area contributed by atoms with Gasteiger partial charge in [-0.3, -0.25) is 14.3 Å². The lowest BCUT2D eigenvalue weighted by Crippen LogP contribution is -2.30. The fourth-order valence-electron chi connectivity index (χ4n) is 2.91. The predicted molar refractivity (Wildman–Crippen MR) is 112 cm³/mol.